The third-order valence-electron chi connectivity index (χ3n) is 3.37. The van der Waals surface area contributed by atoms with Crippen LogP contribution in [0.1, 0.15) is 32.6 Å². The van der Waals surface area contributed by atoms with Gasteiger partial charge in [0.2, 0.25) is 0 Å². The Hall–Kier alpha value is -0.120. The number of hydrogen-bond donors (Lipinski definition) is 1. The Balaban J connectivity index is 1.90. The standard InChI is InChI=1S/C13H28N2O/c1-3-5-13-6-9-15(12-13)10-8-14-7-4-11-16-2/h13-14H,3-12H2,1-2H3. The molecule has 1 aliphatic heterocycles. The van der Waals surface area contributed by atoms with Gasteiger partial charge in [0.05, 0.1) is 0 Å². The van der Waals surface area contributed by atoms with Crippen molar-refractivity contribution in [2.45, 2.75) is 32.6 Å². The van der Waals surface area contributed by atoms with Gasteiger partial charge in [0.15, 0.2) is 0 Å². The molecule has 1 atom stereocenters. The van der Waals surface area contributed by atoms with E-state index < -0.39 is 0 Å². The van der Waals surface area contributed by atoms with Crippen LogP contribution in [-0.2, 0) is 4.74 Å². The minimum absolute atomic E-state index is 0.870. The maximum Gasteiger partial charge on any atom is 0.0474 e. The highest BCUT2D eigenvalue weighted by molar-refractivity contribution is 4.75. The van der Waals surface area contributed by atoms with E-state index in [2.05, 4.69) is 17.1 Å². The largest absolute Gasteiger partial charge is 0.385 e. The summed E-state index contributed by atoms with van der Waals surface area (Å²) in [5.74, 6) is 0.971. The van der Waals surface area contributed by atoms with Gasteiger partial charge < -0.3 is 15.0 Å². The number of ether oxygens (including phenoxy) is 1. The Labute approximate surface area is 101 Å². The lowest BCUT2D eigenvalue weighted by atomic mass is 10.0. The van der Waals surface area contributed by atoms with E-state index in [1.165, 1.54) is 38.9 Å². The van der Waals surface area contributed by atoms with E-state index in [4.69, 9.17) is 4.74 Å². The second-order valence-corrected chi connectivity index (χ2v) is 4.84. The lowest BCUT2D eigenvalue weighted by Gasteiger charge is -2.16. The molecule has 0 aromatic carbocycles. The van der Waals surface area contributed by atoms with Crippen LogP contribution in [0, 0.1) is 5.92 Å². The number of likely N-dealkylation sites (tertiary alicyclic amines) is 1. The zero-order valence-electron chi connectivity index (χ0n) is 11.0. The first-order valence-corrected chi connectivity index (χ1v) is 6.78. The summed E-state index contributed by atoms with van der Waals surface area (Å²) in [6.07, 6.45) is 5.29. The highest BCUT2D eigenvalue weighted by Crippen LogP contribution is 2.19. The molecule has 1 heterocycles. The molecule has 1 rings (SSSR count). The molecule has 1 N–H and O–H groups in total. The fraction of sp³-hybridized carbons (Fsp3) is 1.00. The molecule has 0 radical (unpaired) electrons. The van der Waals surface area contributed by atoms with Gasteiger partial charge in [-0.1, -0.05) is 13.3 Å². The normalized spacial score (nSPS) is 21.8. The molecule has 1 saturated heterocycles. The Bertz CT molecular complexity index is 164. The molecule has 3 heteroatoms. The van der Waals surface area contributed by atoms with Gasteiger partial charge in [-0.05, 0) is 38.3 Å². The van der Waals surface area contributed by atoms with Crippen LogP contribution >= 0.6 is 0 Å². The van der Waals surface area contributed by atoms with Crippen LogP contribution in [0.15, 0.2) is 0 Å². The molecule has 0 aliphatic carbocycles. The summed E-state index contributed by atoms with van der Waals surface area (Å²) in [5, 5.41) is 3.47. The van der Waals surface area contributed by atoms with Crippen LogP contribution in [0.25, 0.3) is 0 Å². The van der Waals surface area contributed by atoms with Gasteiger partial charge in [-0.15, -0.1) is 0 Å². The predicted molar refractivity (Wildman–Crippen MR) is 68.8 cm³/mol. The summed E-state index contributed by atoms with van der Waals surface area (Å²) in [5.41, 5.74) is 0. The molecule has 1 unspecified atom stereocenters. The molecule has 0 spiro atoms. The van der Waals surface area contributed by atoms with Crippen LogP contribution in [0.4, 0.5) is 0 Å². The summed E-state index contributed by atoms with van der Waals surface area (Å²) in [6, 6.07) is 0. The quantitative estimate of drug-likeness (QED) is 0.608. The third kappa shape index (κ3) is 5.83. The zero-order chi connectivity index (χ0) is 11.6. The van der Waals surface area contributed by atoms with Crippen LogP contribution < -0.4 is 5.32 Å². The van der Waals surface area contributed by atoms with Gasteiger partial charge >= 0.3 is 0 Å². The number of rotatable bonds is 9. The van der Waals surface area contributed by atoms with Crippen molar-refractivity contribution in [1.82, 2.24) is 10.2 Å². The van der Waals surface area contributed by atoms with Crippen molar-refractivity contribution in [3.63, 3.8) is 0 Å². The van der Waals surface area contributed by atoms with Crippen molar-refractivity contribution in [2.24, 2.45) is 5.92 Å². The molecule has 0 amide bonds. The second-order valence-electron chi connectivity index (χ2n) is 4.84. The number of methoxy groups -OCH3 is 1. The van der Waals surface area contributed by atoms with E-state index in [0.29, 0.717) is 0 Å². The molecule has 0 aromatic heterocycles. The van der Waals surface area contributed by atoms with Gasteiger partial charge in [0, 0.05) is 33.4 Å². The molecule has 0 saturated carbocycles. The van der Waals surface area contributed by atoms with E-state index in [-0.39, 0.29) is 0 Å². The molecule has 96 valence electrons. The number of hydrogen-bond acceptors (Lipinski definition) is 3. The van der Waals surface area contributed by atoms with Gasteiger partial charge in [0.25, 0.3) is 0 Å². The monoisotopic (exact) mass is 228 g/mol. The summed E-state index contributed by atoms with van der Waals surface area (Å²) in [6.45, 7) is 9.23. The Kier molecular flexibility index (Phi) is 7.81. The average Bonchev–Trinajstić information content (AvgIpc) is 2.72. The highest BCUT2D eigenvalue weighted by atomic mass is 16.5. The van der Waals surface area contributed by atoms with E-state index in [0.717, 1.165) is 32.0 Å². The van der Waals surface area contributed by atoms with E-state index >= 15 is 0 Å². The van der Waals surface area contributed by atoms with Crippen LogP contribution in [0.3, 0.4) is 0 Å². The fourth-order valence-electron chi connectivity index (χ4n) is 2.46. The summed E-state index contributed by atoms with van der Waals surface area (Å²) >= 11 is 0. The predicted octanol–water partition coefficient (Wildman–Crippen LogP) is 1.73. The molecule has 16 heavy (non-hydrogen) atoms. The second kappa shape index (κ2) is 8.97. The van der Waals surface area contributed by atoms with Crippen molar-refractivity contribution in [3.05, 3.63) is 0 Å². The van der Waals surface area contributed by atoms with Crippen molar-refractivity contribution < 1.29 is 4.74 Å². The van der Waals surface area contributed by atoms with Crippen LogP contribution in [0.5, 0.6) is 0 Å². The minimum atomic E-state index is 0.870. The molecule has 3 nitrogen and oxygen atoms in total. The average molecular weight is 228 g/mol. The number of nitrogens with zero attached hydrogens (tertiary/aromatic N) is 1. The van der Waals surface area contributed by atoms with E-state index in [1.807, 2.05) is 0 Å². The van der Waals surface area contributed by atoms with Gasteiger partial charge in [-0.25, -0.2) is 0 Å². The SMILES string of the molecule is CCCC1CCN(CCNCCCOC)C1. The first-order chi connectivity index (χ1) is 7.86. The lowest BCUT2D eigenvalue weighted by Crippen LogP contribution is -2.31. The molecule has 0 bridgehead atoms. The van der Waals surface area contributed by atoms with Crippen molar-refractivity contribution in [3.8, 4) is 0 Å². The Morgan fingerprint density at radius 2 is 2.25 bits per heavy atom. The fourth-order valence-corrected chi connectivity index (χ4v) is 2.46. The smallest absolute Gasteiger partial charge is 0.0474 e. The van der Waals surface area contributed by atoms with Crippen LogP contribution in [-0.4, -0.2) is 51.3 Å². The summed E-state index contributed by atoms with van der Waals surface area (Å²) < 4.78 is 5.01. The first-order valence-electron chi connectivity index (χ1n) is 6.78. The van der Waals surface area contributed by atoms with E-state index in [9.17, 15) is 0 Å². The van der Waals surface area contributed by atoms with Crippen molar-refractivity contribution >= 4 is 0 Å². The summed E-state index contributed by atoms with van der Waals surface area (Å²) in [7, 11) is 1.76. The molecular formula is C13H28N2O. The maximum absolute atomic E-state index is 5.01. The Morgan fingerprint density at radius 3 is 3.00 bits per heavy atom. The number of nitrogens with one attached hydrogen (secondary N) is 1. The Morgan fingerprint density at radius 1 is 1.38 bits per heavy atom. The van der Waals surface area contributed by atoms with Gasteiger partial charge in [0.1, 0.15) is 0 Å². The first kappa shape index (κ1) is 13.9. The van der Waals surface area contributed by atoms with Crippen molar-refractivity contribution in [1.29, 1.82) is 0 Å². The van der Waals surface area contributed by atoms with Gasteiger partial charge in [-0.2, -0.15) is 0 Å². The molecule has 1 fully saturated rings. The molecular weight excluding hydrogens is 200 g/mol. The van der Waals surface area contributed by atoms with E-state index in [1.54, 1.807) is 7.11 Å². The topological polar surface area (TPSA) is 24.5 Å². The third-order valence-corrected chi connectivity index (χ3v) is 3.37. The summed E-state index contributed by atoms with van der Waals surface area (Å²) in [4.78, 5) is 2.60. The molecule has 1 aliphatic rings. The maximum atomic E-state index is 5.01. The lowest BCUT2D eigenvalue weighted by molar-refractivity contribution is 0.194. The van der Waals surface area contributed by atoms with Crippen molar-refractivity contribution in [2.75, 3.05) is 46.4 Å². The molecule has 0 aromatic rings. The highest BCUT2D eigenvalue weighted by Gasteiger charge is 2.20. The van der Waals surface area contributed by atoms with Crippen LogP contribution in [0.2, 0.25) is 0 Å². The zero-order valence-corrected chi connectivity index (χ0v) is 11.0. The van der Waals surface area contributed by atoms with Gasteiger partial charge in [-0.3, -0.25) is 0 Å². The minimum Gasteiger partial charge on any atom is -0.385 e.